The number of thioether (sulfide) groups is 1. The van der Waals surface area contributed by atoms with E-state index in [0.717, 1.165) is 5.56 Å². The van der Waals surface area contributed by atoms with Crippen molar-refractivity contribution in [3.63, 3.8) is 0 Å². The van der Waals surface area contributed by atoms with Gasteiger partial charge in [0.25, 0.3) is 5.56 Å². The smallest absolute Gasteiger partial charge is 0.271 e. The molecule has 0 aliphatic rings. The second-order valence-corrected chi connectivity index (χ2v) is 8.35. The monoisotopic (exact) mass is 427 g/mol. The van der Waals surface area contributed by atoms with Gasteiger partial charge < -0.3 is 4.90 Å². The molecule has 5 nitrogen and oxygen atoms in total. The first kappa shape index (κ1) is 19.2. The number of rotatable bonds is 5. The molecule has 9 heteroatoms. The quantitative estimate of drug-likeness (QED) is 0.455. The molecule has 0 unspecified atom stereocenters. The lowest BCUT2D eigenvalue weighted by molar-refractivity contribution is -0.127. The van der Waals surface area contributed by atoms with E-state index in [0.29, 0.717) is 32.0 Å². The zero-order chi connectivity index (χ0) is 18.8. The molecule has 3 rings (SSSR count). The Morgan fingerprint density at radius 1 is 1.31 bits per heavy atom. The Kier molecular flexibility index (Phi) is 5.92. The van der Waals surface area contributed by atoms with E-state index >= 15 is 0 Å². The standard InChI is InChI=1S/C17H15Cl2N3O2S2/c1-21(8-10-3-4-11(18)12(19)7-10)14(23)9-26-17-20-13-5-6-25-15(13)16(24)22(17)2/h3-7H,8-9H2,1-2H3. The van der Waals surface area contributed by atoms with Crippen LogP contribution in [0.1, 0.15) is 5.56 Å². The normalized spacial score (nSPS) is 11.1. The zero-order valence-corrected chi connectivity index (χ0v) is 17.2. The third kappa shape index (κ3) is 4.06. The van der Waals surface area contributed by atoms with E-state index < -0.39 is 0 Å². The third-order valence-corrected chi connectivity index (χ3v) is 6.45. The first-order chi connectivity index (χ1) is 12.4. The van der Waals surface area contributed by atoms with Crippen LogP contribution in [0.3, 0.4) is 0 Å². The van der Waals surface area contributed by atoms with Gasteiger partial charge >= 0.3 is 0 Å². The van der Waals surface area contributed by atoms with Gasteiger partial charge in [-0.2, -0.15) is 0 Å². The van der Waals surface area contributed by atoms with E-state index in [4.69, 9.17) is 23.2 Å². The van der Waals surface area contributed by atoms with Gasteiger partial charge in [0.2, 0.25) is 5.91 Å². The van der Waals surface area contributed by atoms with Crippen LogP contribution in [0.2, 0.25) is 10.0 Å². The maximum absolute atomic E-state index is 12.4. The summed E-state index contributed by atoms with van der Waals surface area (Å²) in [6, 6.07) is 7.10. The van der Waals surface area contributed by atoms with Crippen LogP contribution in [0.15, 0.2) is 39.6 Å². The van der Waals surface area contributed by atoms with Gasteiger partial charge in [-0.1, -0.05) is 41.0 Å². The maximum Gasteiger partial charge on any atom is 0.271 e. The minimum Gasteiger partial charge on any atom is -0.341 e. The van der Waals surface area contributed by atoms with Crippen LogP contribution < -0.4 is 5.56 Å². The minimum absolute atomic E-state index is 0.0688. The summed E-state index contributed by atoms with van der Waals surface area (Å²) < 4.78 is 2.11. The van der Waals surface area contributed by atoms with Crippen molar-refractivity contribution in [2.24, 2.45) is 7.05 Å². The number of fused-ring (bicyclic) bond motifs is 1. The molecule has 1 amide bonds. The van der Waals surface area contributed by atoms with Gasteiger partial charge in [0.05, 0.1) is 21.3 Å². The molecule has 0 saturated carbocycles. The molecule has 0 radical (unpaired) electrons. The summed E-state index contributed by atoms with van der Waals surface area (Å²) in [5.41, 5.74) is 1.46. The van der Waals surface area contributed by atoms with Crippen molar-refractivity contribution in [1.29, 1.82) is 0 Å². The zero-order valence-electron chi connectivity index (χ0n) is 14.0. The summed E-state index contributed by atoms with van der Waals surface area (Å²) in [7, 11) is 3.39. The highest BCUT2D eigenvalue weighted by molar-refractivity contribution is 7.99. The predicted molar refractivity (Wildman–Crippen MR) is 109 cm³/mol. The van der Waals surface area contributed by atoms with E-state index in [9.17, 15) is 9.59 Å². The molecule has 26 heavy (non-hydrogen) atoms. The Labute approximate surface area is 168 Å². The SMILES string of the molecule is CN(Cc1ccc(Cl)c(Cl)c1)C(=O)CSc1nc2ccsc2c(=O)n1C. The summed E-state index contributed by atoms with van der Waals surface area (Å²) in [5.74, 6) is 0.119. The van der Waals surface area contributed by atoms with Crippen molar-refractivity contribution in [3.05, 3.63) is 55.6 Å². The molecule has 0 aliphatic carbocycles. The Morgan fingerprint density at radius 2 is 2.08 bits per heavy atom. The van der Waals surface area contributed by atoms with Crippen LogP contribution >= 0.6 is 46.3 Å². The van der Waals surface area contributed by atoms with Crippen molar-refractivity contribution in [2.45, 2.75) is 11.7 Å². The lowest BCUT2D eigenvalue weighted by Crippen LogP contribution is -2.28. The highest BCUT2D eigenvalue weighted by atomic mass is 35.5. The molecule has 0 aliphatic heterocycles. The van der Waals surface area contributed by atoms with E-state index in [1.54, 1.807) is 31.1 Å². The fourth-order valence-corrected chi connectivity index (χ4v) is 4.37. The Bertz CT molecular complexity index is 1030. The summed E-state index contributed by atoms with van der Waals surface area (Å²) in [6.45, 7) is 0.423. The molecule has 3 aromatic rings. The van der Waals surface area contributed by atoms with Gasteiger partial charge in [-0.3, -0.25) is 14.2 Å². The minimum atomic E-state index is -0.0934. The molecule has 0 saturated heterocycles. The number of halogens is 2. The van der Waals surface area contributed by atoms with E-state index in [2.05, 4.69) is 4.98 Å². The lowest BCUT2D eigenvalue weighted by atomic mass is 10.2. The second-order valence-electron chi connectivity index (χ2n) is 5.68. The Hall–Kier alpha value is -1.54. The largest absolute Gasteiger partial charge is 0.341 e. The summed E-state index contributed by atoms with van der Waals surface area (Å²) in [4.78, 5) is 30.8. The lowest BCUT2D eigenvalue weighted by Gasteiger charge is -2.17. The number of carbonyl (C=O) groups excluding carboxylic acids is 1. The van der Waals surface area contributed by atoms with E-state index in [-0.39, 0.29) is 17.2 Å². The number of hydrogen-bond acceptors (Lipinski definition) is 5. The van der Waals surface area contributed by atoms with Crippen LogP contribution in [0.25, 0.3) is 10.2 Å². The number of carbonyl (C=O) groups is 1. The molecule has 2 aromatic heterocycles. The molecule has 0 bridgehead atoms. The number of benzene rings is 1. The highest BCUT2D eigenvalue weighted by Crippen LogP contribution is 2.24. The molecule has 2 heterocycles. The van der Waals surface area contributed by atoms with Crippen molar-refractivity contribution in [1.82, 2.24) is 14.5 Å². The first-order valence-corrected chi connectivity index (χ1v) is 10.2. The van der Waals surface area contributed by atoms with Gasteiger partial charge in [0.1, 0.15) is 4.70 Å². The fraction of sp³-hybridized carbons (Fsp3) is 0.235. The van der Waals surface area contributed by atoms with Crippen molar-refractivity contribution < 1.29 is 4.79 Å². The van der Waals surface area contributed by atoms with Gasteiger partial charge in [0.15, 0.2) is 5.16 Å². The van der Waals surface area contributed by atoms with Gasteiger partial charge in [-0.25, -0.2) is 4.98 Å². The van der Waals surface area contributed by atoms with E-state index in [1.807, 2.05) is 17.5 Å². The van der Waals surface area contributed by atoms with Gasteiger partial charge in [-0.05, 0) is 29.1 Å². The first-order valence-electron chi connectivity index (χ1n) is 7.61. The number of hydrogen-bond donors (Lipinski definition) is 0. The molecule has 1 aromatic carbocycles. The summed E-state index contributed by atoms with van der Waals surface area (Å²) in [5, 5.41) is 3.31. The van der Waals surface area contributed by atoms with Crippen LogP contribution in [0.4, 0.5) is 0 Å². The topological polar surface area (TPSA) is 55.2 Å². The molecule has 0 spiro atoms. The van der Waals surface area contributed by atoms with Crippen molar-refractivity contribution in [2.75, 3.05) is 12.8 Å². The molecule has 0 N–H and O–H groups in total. The Balaban J connectivity index is 1.67. The van der Waals surface area contributed by atoms with Crippen LogP contribution in [-0.2, 0) is 18.4 Å². The van der Waals surface area contributed by atoms with E-state index in [1.165, 1.54) is 27.7 Å². The third-order valence-electron chi connectivity index (χ3n) is 3.80. The molecular weight excluding hydrogens is 413 g/mol. The van der Waals surface area contributed by atoms with Gasteiger partial charge in [-0.15, -0.1) is 11.3 Å². The molecule has 136 valence electrons. The van der Waals surface area contributed by atoms with Crippen LogP contribution in [-0.4, -0.2) is 33.2 Å². The Morgan fingerprint density at radius 3 is 2.81 bits per heavy atom. The molecule has 0 fully saturated rings. The average Bonchev–Trinajstić information content (AvgIpc) is 3.08. The van der Waals surface area contributed by atoms with Crippen LogP contribution in [0.5, 0.6) is 0 Å². The number of nitrogens with zero attached hydrogens (tertiary/aromatic N) is 3. The molecular formula is C17H15Cl2N3O2S2. The van der Waals surface area contributed by atoms with Crippen molar-refractivity contribution >= 4 is 62.4 Å². The highest BCUT2D eigenvalue weighted by Gasteiger charge is 2.14. The maximum atomic E-state index is 12.4. The number of thiophene rings is 1. The van der Waals surface area contributed by atoms with Crippen LogP contribution in [0, 0.1) is 0 Å². The summed E-state index contributed by atoms with van der Waals surface area (Å²) >= 11 is 14.5. The second kappa shape index (κ2) is 8.00. The summed E-state index contributed by atoms with van der Waals surface area (Å²) in [6.07, 6.45) is 0. The predicted octanol–water partition coefficient (Wildman–Crippen LogP) is 4.05. The average molecular weight is 428 g/mol. The fourth-order valence-electron chi connectivity index (χ4n) is 2.33. The molecule has 0 atom stereocenters. The van der Waals surface area contributed by atoms with Gasteiger partial charge in [0, 0.05) is 20.6 Å². The number of aromatic nitrogens is 2. The number of amides is 1. The van der Waals surface area contributed by atoms with Crippen molar-refractivity contribution in [3.8, 4) is 0 Å².